The highest BCUT2D eigenvalue weighted by molar-refractivity contribution is 5.97. The van der Waals surface area contributed by atoms with Crippen LogP contribution in [-0.4, -0.2) is 35.0 Å². The highest BCUT2D eigenvalue weighted by atomic mass is 19.1. The van der Waals surface area contributed by atoms with Crippen LogP contribution in [0.3, 0.4) is 0 Å². The summed E-state index contributed by atoms with van der Waals surface area (Å²) in [6, 6.07) is 12.3. The van der Waals surface area contributed by atoms with Gasteiger partial charge in [-0.3, -0.25) is 9.78 Å². The Morgan fingerprint density at radius 1 is 1.12 bits per heavy atom. The Labute approximate surface area is 191 Å². The summed E-state index contributed by atoms with van der Waals surface area (Å²) in [5.41, 5.74) is 4.25. The Morgan fingerprint density at radius 2 is 1.91 bits per heavy atom. The second kappa shape index (κ2) is 8.90. The van der Waals surface area contributed by atoms with Gasteiger partial charge >= 0.3 is 0 Å². The Morgan fingerprint density at radius 3 is 2.67 bits per heavy atom. The molecule has 0 unspecified atom stereocenters. The lowest BCUT2D eigenvalue weighted by Crippen LogP contribution is -2.22. The standard InChI is InChI=1S/C26H27FN4O2/c1-28-26(32)17-7-9-22-23(13-17)31-25(30-22)24(33-2)16-5-3-15(4-6-16)19-11-12-29-21-10-8-18(27)14-20(19)21/h7-16,24H,3-6H2,1-2H3,(H,28,32)(H,30,31)/t15?,16?,24-/m1/s1. The SMILES string of the molecule is CNC(=O)c1ccc2nc([C@H](OC)C3CCC(c4ccnc5ccc(F)cc45)CC3)[nH]c2c1. The van der Waals surface area contributed by atoms with E-state index in [4.69, 9.17) is 9.72 Å². The Kier molecular flexibility index (Phi) is 5.81. The van der Waals surface area contributed by atoms with Crippen molar-refractivity contribution in [3.05, 3.63) is 71.4 Å². The molecule has 0 saturated heterocycles. The highest BCUT2D eigenvalue weighted by Gasteiger charge is 2.31. The number of halogens is 1. The van der Waals surface area contributed by atoms with Crippen LogP contribution in [0.4, 0.5) is 4.39 Å². The molecular formula is C26H27FN4O2. The lowest BCUT2D eigenvalue weighted by molar-refractivity contribution is 0.0274. The predicted octanol–water partition coefficient (Wildman–Crippen LogP) is 5.27. The maximum absolute atomic E-state index is 13.9. The zero-order chi connectivity index (χ0) is 22.9. The fourth-order valence-corrected chi connectivity index (χ4v) is 5.21. The predicted molar refractivity (Wildman–Crippen MR) is 126 cm³/mol. The van der Waals surface area contributed by atoms with Crippen molar-refractivity contribution in [2.45, 2.75) is 37.7 Å². The first-order valence-corrected chi connectivity index (χ1v) is 11.4. The second-order valence-electron chi connectivity index (χ2n) is 8.76. The number of nitrogens with one attached hydrogen (secondary N) is 2. The smallest absolute Gasteiger partial charge is 0.251 e. The number of aromatic amines is 1. The van der Waals surface area contributed by atoms with E-state index in [9.17, 15) is 9.18 Å². The van der Waals surface area contributed by atoms with Crippen molar-refractivity contribution in [1.82, 2.24) is 20.3 Å². The molecule has 2 N–H and O–H groups in total. The summed E-state index contributed by atoms with van der Waals surface area (Å²) in [5.74, 6) is 1.14. The van der Waals surface area contributed by atoms with Crippen LogP contribution in [0, 0.1) is 11.7 Å². The molecule has 2 aromatic heterocycles. The average Bonchev–Trinajstić information content (AvgIpc) is 3.27. The van der Waals surface area contributed by atoms with Crippen molar-refractivity contribution in [1.29, 1.82) is 0 Å². The number of carbonyl (C=O) groups is 1. The normalized spacial score (nSPS) is 19.6. The number of imidazole rings is 1. The molecule has 2 heterocycles. The molecule has 6 nitrogen and oxygen atoms in total. The Bertz CT molecular complexity index is 1310. The molecule has 7 heteroatoms. The van der Waals surface area contributed by atoms with Crippen LogP contribution in [0.15, 0.2) is 48.7 Å². The number of fused-ring (bicyclic) bond motifs is 2. The summed E-state index contributed by atoms with van der Waals surface area (Å²) in [7, 11) is 3.34. The van der Waals surface area contributed by atoms with Gasteiger partial charge in [-0.1, -0.05) is 0 Å². The van der Waals surface area contributed by atoms with Crippen LogP contribution in [0.5, 0.6) is 0 Å². The number of aromatic nitrogens is 3. The quantitative estimate of drug-likeness (QED) is 0.438. The van der Waals surface area contributed by atoms with Gasteiger partial charge in [0.2, 0.25) is 0 Å². The van der Waals surface area contributed by atoms with Gasteiger partial charge in [-0.25, -0.2) is 9.37 Å². The fourth-order valence-electron chi connectivity index (χ4n) is 5.21. The molecule has 5 rings (SSSR count). The molecule has 2 aromatic carbocycles. The lowest BCUT2D eigenvalue weighted by atomic mass is 9.76. The number of H-pyrrole nitrogens is 1. The van der Waals surface area contributed by atoms with E-state index in [1.807, 2.05) is 24.4 Å². The van der Waals surface area contributed by atoms with Crippen molar-refractivity contribution in [2.24, 2.45) is 5.92 Å². The van der Waals surface area contributed by atoms with Crippen LogP contribution in [0.2, 0.25) is 0 Å². The van der Waals surface area contributed by atoms with Gasteiger partial charge in [0, 0.05) is 31.3 Å². The van der Waals surface area contributed by atoms with Crippen molar-refractivity contribution in [2.75, 3.05) is 14.2 Å². The summed E-state index contributed by atoms with van der Waals surface area (Å²) in [6.07, 6.45) is 5.66. The molecule has 1 aliphatic rings. The van der Waals surface area contributed by atoms with E-state index in [2.05, 4.69) is 15.3 Å². The third kappa shape index (κ3) is 4.09. The zero-order valence-electron chi connectivity index (χ0n) is 18.8. The van der Waals surface area contributed by atoms with E-state index in [-0.39, 0.29) is 17.8 Å². The van der Waals surface area contributed by atoms with E-state index < -0.39 is 0 Å². The Hall–Kier alpha value is -3.32. The first kappa shape index (κ1) is 21.5. The maximum atomic E-state index is 13.9. The van der Waals surface area contributed by atoms with E-state index in [0.29, 0.717) is 17.4 Å². The largest absolute Gasteiger partial charge is 0.373 e. The minimum atomic E-state index is -0.227. The number of methoxy groups -OCH3 is 1. The van der Waals surface area contributed by atoms with Crippen LogP contribution in [-0.2, 0) is 4.74 Å². The summed E-state index contributed by atoms with van der Waals surface area (Å²) in [6.45, 7) is 0. The molecule has 0 radical (unpaired) electrons. The molecule has 1 aliphatic carbocycles. The van der Waals surface area contributed by atoms with Gasteiger partial charge in [-0.15, -0.1) is 0 Å². The number of pyridine rings is 1. The number of hydrogen-bond donors (Lipinski definition) is 2. The van der Waals surface area contributed by atoms with Gasteiger partial charge in [-0.2, -0.15) is 0 Å². The molecule has 1 atom stereocenters. The van der Waals surface area contributed by atoms with E-state index >= 15 is 0 Å². The van der Waals surface area contributed by atoms with Gasteiger partial charge in [0.15, 0.2) is 0 Å². The number of benzene rings is 2. The molecule has 33 heavy (non-hydrogen) atoms. The molecule has 4 aromatic rings. The molecule has 1 amide bonds. The summed E-state index contributed by atoms with van der Waals surface area (Å²) in [4.78, 5) is 24.5. The maximum Gasteiger partial charge on any atom is 0.251 e. The topological polar surface area (TPSA) is 79.9 Å². The number of rotatable bonds is 5. The Balaban J connectivity index is 1.35. The highest BCUT2D eigenvalue weighted by Crippen LogP contribution is 2.43. The minimum Gasteiger partial charge on any atom is -0.373 e. The fraction of sp³-hybridized carbons (Fsp3) is 0.346. The van der Waals surface area contributed by atoms with Gasteiger partial charge in [0.05, 0.1) is 16.6 Å². The summed E-state index contributed by atoms with van der Waals surface area (Å²) < 4.78 is 19.8. The van der Waals surface area contributed by atoms with Crippen molar-refractivity contribution in [3.8, 4) is 0 Å². The molecule has 1 fully saturated rings. The molecule has 170 valence electrons. The zero-order valence-corrected chi connectivity index (χ0v) is 18.8. The third-order valence-corrected chi connectivity index (χ3v) is 6.89. The van der Waals surface area contributed by atoms with Crippen molar-refractivity contribution in [3.63, 3.8) is 0 Å². The third-order valence-electron chi connectivity index (χ3n) is 6.89. The number of hydrogen-bond acceptors (Lipinski definition) is 4. The van der Waals surface area contributed by atoms with Crippen molar-refractivity contribution >= 4 is 27.8 Å². The van der Waals surface area contributed by atoms with Gasteiger partial charge in [-0.05, 0) is 85.5 Å². The molecule has 0 bridgehead atoms. The molecular weight excluding hydrogens is 419 g/mol. The van der Waals surface area contributed by atoms with Crippen LogP contribution in [0.1, 0.15) is 59.5 Å². The second-order valence-corrected chi connectivity index (χ2v) is 8.76. The number of amides is 1. The van der Waals surface area contributed by atoms with Gasteiger partial charge in [0.25, 0.3) is 5.91 Å². The number of nitrogens with zero attached hydrogens (tertiary/aromatic N) is 2. The summed E-state index contributed by atoms with van der Waals surface area (Å²) >= 11 is 0. The van der Waals surface area contributed by atoms with E-state index in [1.54, 1.807) is 32.4 Å². The van der Waals surface area contributed by atoms with Crippen LogP contribution in [0.25, 0.3) is 21.9 Å². The lowest BCUT2D eigenvalue weighted by Gasteiger charge is -2.33. The van der Waals surface area contributed by atoms with Gasteiger partial charge < -0.3 is 15.0 Å². The minimum absolute atomic E-state index is 0.127. The number of carbonyl (C=O) groups excluding carboxylic acids is 1. The molecule has 0 spiro atoms. The van der Waals surface area contributed by atoms with E-state index in [0.717, 1.165) is 53.4 Å². The van der Waals surface area contributed by atoms with Crippen LogP contribution < -0.4 is 5.32 Å². The van der Waals surface area contributed by atoms with Crippen LogP contribution >= 0.6 is 0 Å². The van der Waals surface area contributed by atoms with Crippen molar-refractivity contribution < 1.29 is 13.9 Å². The van der Waals surface area contributed by atoms with Gasteiger partial charge in [0.1, 0.15) is 17.7 Å². The molecule has 1 saturated carbocycles. The molecule has 0 aliphatic heterocycles. The first-order chi connectivity index (χ1) is 16.1. The average molecular weight is 447 g/mol. The number of ether oxygens (including phenoxy) is 1. The first-order valence-electron chi connectivity index (χ1n) is 11.4. The van der Waals surface area contributed by atoms with E-state index in [1.165, 1.54) is 11.6 Å². The summed E-state index contributed by atoms with van der Waals surface area (Å²) in [5, 5.41) is 3.56. The monoisotopic (exact) mass is 446 g/mol.